The van der Waals surface area contributed by atoms with Crippen molar-refractivity contribution < 1.29 is 24.2 Å². The van der Waals surface area contributed by atoms with E-state index in [9.17, 15) is 14.7 Å². The molecule has 0 saturated heterocycles. The zero-order chi connectivity index (χ0) is 27.6. The molecule has 9 nitrogen and oxygen atoms in total. The molecule has 38 heavy (non-hydrogen) atoms. The number of rotatable bonds is 7. The Morgan fingerprint density at radius 3 is 2.61 bits per heavy atom. The van der Waals surface area contributed by atoms with Crippen LogP contribution in [0.15, 0.2) is 36.4 Å². The van der Waals surface area contributed by atoms with Gasteiger partial charge in [-0.1, -0.05) is 35.6 Å². The van der Waals surface area contributed by atoms with Gasteiger partial charge in [0.15, 0.2) is 0 Å². The van der Waals surface area contributed by atoms with E-state index in [1.165, 1.54) is 16.2 Å². The first-order valence-electron chi connectivity index (χ1n) is 12.3. The number of aromatic nitrogens is 2. The Morgan fingerprint density at radius 2 is 1.95 bits per heavy atom. The number of carbonyl (C=O) groups excluding carboxylic acids is 1. The van der Waals surface area contributed by atoms with E-state index < -0.39 is 30.3 Å². The highest BCUT2D eigenvalue weighted by Gasteiger charge is 2.36. The van der Waals surface area contributed by atoms with E-state index in [1.807, 2.05) is 38.1 Å². The van der Waals surface area contributed by atoms with Gasteiger partial charge in [-0.25, -0.2) is 9.64 Å². The minimum atomic E-state index is -1.10. The first-order chi connectivity index (χ1) is 18.0. The molecule has 0 saturated carbocycles. The average molecular weight is 535 g/mol. The van der Waals surface area contributed by atoms with Gasteiger partial charge in [0.25, 0.3) is 0 Å². The third kappa shape index (κ3) is 5.94. The number of carboxylic acids is 1. The molecule has 10 heteroatoms. The van der Waals surface area contributed by atoms with Gasteiger partial charge >= 0.3 is 12.1 Å². The first kappa shape index (κ1) is 27.1. The van der Waals surface area contributed by atoms with Crippen molar-refractivity contribution in [3.8, 4) is 26.9 Å². The Labute approximate surface area is 225 Å². The van der Waals surface area contributed by atoms with Crippen LogP contribution in [-0.4, -0.2) is 50.5 Å². The number of carbonyl (C=O) groups is 2. The lowest BCUT2D eigenvalue weighted by atomic mass is 10.0. The van der Waals surface area contributed by atoms with Gasteiger partial charge < -0.3 is 14.6 Å². The van der Waals surface area contributed by atoms with Gasteiger partial charge in [-0.3, -0.25) is 9.69 Å². The van der Waals surface area contributed by atoms with E-state index in [0.717, 1.165) is 22.3 Å². The second kappa shape index (κ2) is 10.8. The average Bonchev–Trinajstić information content (AvgIpc) is 3.49. The summed E-state index contributed by atoms with van der Waals surface area (Å²) in [5.41, 5.74) is 3.25. The summed E-state index contributed by atoms with van der Waals surface area (Å²) in [6.07, 6.45) is 0.547. The second-order valence-electron chi connectivity index (χ2n) is 10.3. The van der Waals surface area contributed by atoms with Crippen LogP contribution in [0.1, 0.15) is 58.2 Å². The molecule has 198 valence electrons. The summed E-state index contributed by atoms with van der Waals surface area (Å²) < 4.78 is 11.2. The van der Waals surface area contributed by atoms with Crippen LogP contribution in [0.25, 0.3) is 26.0 Å². The van der Waals surface area contributed by atoms with Gasteiger partial charge in [0.2, 0.25) is 5.69 Å². The van der Waals surface area contributed by atoms with Gasteiger partial charge in [0, 0.05) is 11.1 Å². The third-order valence-corrected chi connectivity index (χ3v) is 6.90. The first-order valence-corrected chi connectivity index (χ1v) is 13.1. The highest BCUT2D eigenvalue weighted by Crippen LogP contribution is 2.43. The summed E-state index contributed by atoms with van der Waals surface area (Å²) in [4.78, 5) is 29.4. The number of benzene rings is 2. The Morgan fingerprint density at radius 1 is 1.21 bits per heavy atom. The van der Waals surface area contributed by atoms with Gasteiger partial charge in [-0.05, 0) is 70.7 Å². The number of hydrogen-bond acceptors (Lipinski definition) is 7. The quantitative estimate of drug-likeness (QED) is 0.344. The molecule has 0 fully saturated rings. The Hall–Kier alpha value is -3.97. The molecule has 0 bridgehead atoms. The van der Waals surface area contributed by atoms with Crippen molar-refractivity contribution in [1.29, 1.82) is 0 Å². The molecule has 0 spiro atoms. The third-order valence-electron chi connectivity index (χ3n) is 5.89. The van der Waals surface area contributed by atoms with Crippen LogP contribution in [0.3, 0.4) is 0 Å². The Kier molecular flexibility index (Phi) is 7.69. The second-order valence-corrected chi connectivity index (χ2v) is 11.3. The van der Waals surface area contributed by atoms with Crippen molar-refractivity contribution in [2.45, 2.75) is 65.2 Å². The lowest BCUT2D eigenvalue weighted by Crippen LogP contribution is -2.41. The van der Waals surface area contributed by atoms with Crippen LogP contribution in [0.5, 0.6) is 5.75 Å². The summed E-state index contributed by atoms with van der Waals surface area (Å²) in [5, 5.41) is 19.7. The van der Waals surface area contributed by atoms with E-state index in [2.05, 4.69) is 15.0 Å². The number of amides is 1. The summed E-state index contributed by atoms with van der Waals surface area (Å²) in [6, 6.07) is 10.8. The fourth-order valence-electron chi connectivity index (χ4n) is 4.46. The molecule has 1 N–H and O–H groups in total. The number of ether oxygens (including phenoxy) is 2. The normalized spacial score (nSPS) is 14.6. The number of nitrogens with zero attached hydrogens (tertiary/aromatic N) is 4. The number of hydrogen-bond donors (Lipinski definition) is 1. The molecule has 0 radical (unpaired) electrons. The molecule has 1 aliphatic carbocycles. The summed E-state index contributed by atoms with van der Waals surface area (Å²) >= 11 is 1.41. The van der Waals surface area contributed by atoms with Crippen molar-refractivity contribution >= 4 is 29.1 Å². The van der Waals surface area contributed by atoms with Crippen LogP contribution in [-0.2, 0) is 16.0 Å². The minimum absolute atomic E-state index is 0.0415. The molecule has 3 aromatic rings. The van der Waals surface area contributed by atoms with Crippen molar-refractivity contribution in [1.82, 2.24) is 15.1 Å². The van der Waals surface area contributed by atoms with Crippen LogP contribution in [0, 0.1) is 6.57 Å². The van der Waals surface area contributed by atoms with Crippen molar-refractivity contribution in [2.75, 3.05) is 6.54 Å². The summed E-state index contributed by atoms with van der Waals surface area (Å²) in [5.74, 6) is -0.566. The van der Waals surface area contributed by atoms with E-state index in [1.54, 1.807) is 32.9 Å². The molecular formula is C28H30N4O5S. The molecule has 2 aromatic carbocycles. The highest BCUT2D eigenvalue weighted by molar-refractivity contribution is 7.17. The molecule has 1 heterocycles. The molecule has 4 rings (SSSR count). The van der Waals surface area contributed by atoms with E-state index in [-0.39, 0.29) is 6.10 Å². The number of fused-ring (bicyclic) bond motifs is 1. The fourth-order valence-corrected chi connectivity index (χ4v) is 5.36. The van der Waals surface area contributed by atoms with E-state index >= 15 is 0 Å². The maximum absolute atomic E-state index is 12.9. The van der Waals surface area contributed by atoms with Crippen molar-refractivity contribution in [3.05, 3.63) is 58.9 Å². The standard InChI is InChI=1S/C28H30N4O5S/c1-16(2)36-23-13-10-17(14-21(23)29-6)25-30-31-26(38-25)20-9-7-8-19-18(20)11-12-22(19)32(15-24(33)34)27(35)37-28(3,4)5/h7-10,13-14,16,22H,11-12,15H2,1-5H3,(H,33,34)/t22-/m0/s1. The van der Waals surface area contributed by atoms with Crippen LogP contribution >= 0.6 is 11.3 Å². The van der Waals surface area contributed by atoms with Crippen LogP contribution in [0.2, 0.25) is 0 Å². The van der Waals surface area contributed by atoms with E-state index in [0.29, 0.717) is 34.3 Å². The molecule has 0 aliphatic heterocycles. The molecule has 1 amide bonds. The summed E-state index contributed by atoms with van der Waals surface area (Å²) in [7, 11) is 0. The van der Waals surface area contributed by atoms with Crippen molar-refractivity contribution in [2.24, 2.45) is 0 Å². The number of carboxylic acid groups (broad SMARTS) is 1. The predicted molar refractivity (Wildman–Crippen MR) is 144 cm³/mol. The minimum Gasteiger partial charge on any atom is -0.502 e. The Balaban J connectivity index is 1.65. The SMILES string of the molecule is [C-]#[N+]c1cc(-c2nnc(-c3cccc4c3CC[C@@H]4N(CC(=O)O)C(=O)OC(C)(C)C)s2)ccc1OC(C)C. The van der Waals surface area contributed by atoms with E-state index in [4.69, 9.17) is 16.0 Å². The zero-order valence-electron chi connectivity index (χ0n) is 22.0. The predicted octanol–water partition coefficient (Wildman–Crippen LogP) is 6.52. The van der Waals surface area contributed by atoms with Gasteiger partial charge in [-0.2, -0.15) is 0 Å². The molecular weight excluding hydrogens is 504 g/mol. The summed E-state index contributed by atoms with van der Waals surface area (Å²) in [6.45, 7) is 16.2. The lowest BCUT2D eigenvalue weighted by molar-refractivity contribution is -0.138. The monoisotopic (exact) mass is 534 g/mol. The maximum Gasteiger partial charge on any atom is 0.411 e. The van der Waals surface area contributed by atoms with Crippen molar-refractivity contribution in [3.63, 3.8) is 0 Å². The molecule has 0 unspecified atom stereocenters. The molecule has 1 aromatic heterocycles. The van der Waals surface area contributed by atoms with Crippen LogP contribution < -0.4 is 4.74 Å². The number of aliphatic carboxylic acids is 1. The van der Waals surface area contributed by atoms with Gasteiger partial charge in [0.05, 0.1) is 18.7 Å². The topological polar surface area (TPSA) is 106 Å². The van der Waals surface area contributed by atoms with Gasteiger partial charge in [0.1, 0.15) is 27.9 Å². The van der Waals surface area contributed by atoms with Crippen LogP contribution in [0.4, 0.5) is 10.5 Å². The lowest BCUT2D eigenvalue weighted by Gasteiger charge is -2.31. The largest absolute Gasteiger partial charge is 0.502 e. The van der Waals surface area contributed by atoms with Gasteiger partial charge in [-0.15, -0.1) is 10.2 Å². The fraction of sp³-hybridized carbons (Fsp3) is 0.393. The molecule has 1 atom stereocenters. The smallest absolute Gasteiger partial charge is 0.411 e. The highest BCUT2D eigenvalue weighted by atomic mass is 32.1. The zero-order valence-corrected chi connectivity index (χ0v) is 22.8. The maximum atomic E-state index is 12.9. The molecule has 1 aliphatic rings. The Bertz CT molecular complexity index is 1400.